The predicted octanol–water partition coefficient (Wildman–Crippen LogP) is 5.10. The zero-order valence-corrected chi connectivity index (χ0v) is 18.0. The van der Waals surface area contributed by atoms with E-state index in [1.807, 2.05) is 66.8 Å². The maximum absolute atomic E-state index is 5.39. The van der Waals surface area contributed by atoms with E-state index in [2.05, 4.69) is 44.2 Å². The van der Waals surface area contributed by atoms with Crippen molar-refractivity contribution in [2.45, 2.75) is 0 Å². The van der Waals surface area contributed by atoms with E-state index in [-0.39, 0.29) is 0 Å². The Kier molecular flexibility index (Phi) is 5.46. The molecular formula is C26H20CuN5. The quantitative estimate of drug-likeness (QED) is 0.215. The third-order valence-corrected chi connectivity index (χ3v) is 5.16. The van der Waals surface area contributed by atoms with Crippen molar-refractivity contribution in [3.63, 3.8) is 0 Å². The van der Waals surface area contributed by atoms with Crippen LogP contribution < -0.4 is 10.2 Å². The van der Waals surface area contributed by atoms with Crippen LogP contribution in [0.25, 0.3) is 46.4 Å². The van der Waals surface area contributed by atoms with Crippen molar-refractivity contribution in [1.29, 1.82) is 0 Å². The van der Waals surface area contributed by atoms with Crippen LogP contribution in [-0.4, -0.2) is 19.9 Å². The van der Waals surface area contributed by atoms with E-state index in [1.165, 1.54) is 0 Å². The molecule has 0 radical (unpaired) electrons. The molecule has 4 aromatic rings. The van der Waals surface area contributed by atoms with E-state index in [4.69, 9.17) is 21.7 Å². The molecular weight excluding hydrogens is 446 g/mol. The molecule has 0 saturated heterocycles. The number of H-pyrrole nitrogens is 2. The number of fused-ring (bicyclic) bond motifs is 8. The number of nitrogens with one attached hydrogen (secondary N) is 2. The molecule has 5 nitrogen and oxygen atoms in total. The Bertz CT molecular complexity index is 1320. The number of anilines is 1. The number of hydrogen-bond acceptors (Lipinski definition) is 3. The van der Waals surface area contributed by atoms with E-state index >= 15 is 0 Å². The fourth-order valence-corrected chi connectivity index (χ4v) is 3.68. The van der Waals surface area contributed by atoms with Crippen LogP contribution in [-0.2, 0) is 16.0 Å². The first-order chi connectivity index (χ1) is 15.6. The third kappa shape index (κ3) is 4.89. The van der Waals surface area contributed by atoms with Crippen LogP contribution in [0, 0.1) is 0 Å². The summed E-state index contributed by atoms with van der Waals surface area (Å²) in [7, 11) is 0. The van der Waals surface area contributed by atoms with Gasteiger partial charge < -0.3 is 9.97 Å². The van der Waals surface area contributed by atoms with E-state index in [9.17, 15) is 0 Å². The van der Waals surface area contributed by atoms with Gasteiger partial charge in [-0.2, -0.15) is 0 Å². The van der Waals surface area contributed by atoms with Crippen LogP contribution in [0.4, 0.5) is 5.69 Å². The molecule has 32 heavy (non-hydrogen) atoms. The van der Waals surface area contributed by atoms with Crippen LogP contribution in [0.15, 0.2) is 72.8 Å². The standard InChI is InChI=1S/C20H14N4.C6H6N.Cu/c1-2-14-10-16-5-6-18(23-16)12-20-8-7-19(24-20)11-17-4-3-15(22-17)9-13(1)21-14;7-6-4-2-1-3-5-6;/h1-12,21,24H;1-2,4-5H,7H2;. The van der Waals surface area contributed by atoms with Crippen molar-refractivity contribution in [2.75, 3.05) is 5.73 Å². The van der Waals surface area contributed by atoms with Gasteiger partial charge in [0.15, 0.2) is 0 Å². The second-order valence-corrected chi connectivity index (χ2v) is 7.96. The molecule has 0 spiro atoms. The van der Waals surface area contributed by atoms with Gasteiger partial charge in [-0.25, -0.2) is 9.97 Å². The van der Waals surface area contributed by atoms with E-state index in [0.29, 0.717) is 0 Å². The summed E-state index contributed by atoms with van der Waals surface area (Å²) in [5.41, 5.74) is 14.0. The predicted molar refractivity (Wildman–Crippen MR) is 129 cm³/mol. The van der Waals surface area contributed by atoms with Crippen LogP contribution in [0.1, 0.15) is 22.8 Å². The Hall–Kier alpha value is -3.86. The summed E-state index contributed by atoms with van der Waals surface area (Å²) >= 11 is 4.96. The molecule has 3 aromatic heterocycles. The summed E-state index contributed by atoms with van der Waals surface area (Å²) in [6.45, 7) is 0. The number of nitrogens with two attached hydrogens (primary N) is 1. The average molecular weight is 466 g/mol. The molecule has 0 fully saturated rings. The molecule has 6 heteroatoms. The molecule has 0 atom stereocenters. The van der Waals surface area contributed by atoms with E-state index in [0.717, 1.165) is 55.0 Å². The molecule has 8 bridgehead atoms. The summed E-state index contributed by atoms with van der Waals surface area (Å²) in [5, 5.41) is 0. The van der Waals surface area contributed by atoms with Crippen molar-refractivity contribution in [2.24, 2.45) is 0 Å². The summed E-state index contributed by atoms with van der Waals surface area (Å²) in [4.78, 5) is 16.0. The third-order valence-electron chi connectivity index (χ3n) is 4.87. The maximum atomic E-state index is 5.39. The van der Waals surface area contributed by atoms with Gasteiger partial charge in [-0.15, -0.1) is 0 Å². The summed E-state index contributed by atoms with van der Waals surface area (Å²) in [5.74, 6) is 0. The van der Waals surface area contributed by atoms with Gasteiger partial charge in [-0.3, -0.25) is 0 Å². The Balaban J connectivity index is 0.000000230. The molecule has 160 valence electrons. The van der Waals surface area contributed by atoms with Crippen LogP contribution >= 0.6 is 0 Å². The zero-order valence-electron chi connectivity index (χ0n) is 17.0. The minimum atomic E-state index is 0.729. The van der Waals surface area contributed by atoms with Crippen LogP contribution in [0.3, 0.4) is 0 Å². The Morgan fingerprint density at radius 3 is 1.28 bits per heavy atom. The second kappa shape index (κ2) is 8.71. The van der Waals surface area contributed by atoms with Gasteiger partial charge in [0.2, 0.25) is 0 Å². The minimum absolute atomic E-state index is 0.729. The molecule has 0 saturated carbocycles. The van der Waals surface area contributed by atoms with Crippen molar-refractivity contribution < 1.29 is 16.0 Å². The molecule has 2 aliphatic heterocycles. The molecule has 2 aliphatic rings. The van der Waals surface area contributed by atoms with E-state index < -0.39 is 0 Å². The Morgan fingerprint density at radius 2 is 0.969 bits per heavy atom. The normalized spacial score (nSPS) is 11.8. The number of rotatable bonds is 0. The summed E-state index contributed by atoms with van der Waals surface area (Å²) < 4.78 is 0.775. The molecule has 6 rings (SSSR count). The van der Waals surface area contributed by atoms with Crippen LogP contribution in [0.5, 0.6) is 0 Å². The van der Waals surface area contributed by atoms with Gasteiger partial charge in [-0.1, -0.05) is 0 Å². The summed E-state index contributed by atoms with van der Waals surface area (Å²) in [6, 6.07) is 23.6. The molecule has 0 unspecified atom stereocenters. The Morgan fingerprint density at radius 1 is 0.562 bits per heavy atom. The second-order valence-electron chi connectivity index (χ2n) is 7.42. The number of hydrogen-bond donors (Lipinski definition) is 3. The van der Waals surface area contributed by atoms with Crippen LogP contribution in [0.2, 0.25) is 0 Å². The average Bonchev–Trinajstić information content (AvgIpc) is 3.54. The van der Waals surface area contributed by atoms with Crippen molar-refractivity contribution >= 4 is 56.5 Å². The van der Waals surface area contributed by atoms with Gasteiger partial charge in [0, 0.05) is 22.1 Å². The van der Waals surface area contributed by atoms with Gasteiger partial charge in [0.25, 0.3) is 0 Å². The number of nitrogen functional groups attached to an aromatic ring is 1. The van der Waals surface area contributed by atoms with E-state index in [1.54, 1.807) is 6.07 Å². The van der Waals surface area contributed by atoms with Crippen molar-refractivity contribution in [1.82, 2.24) is 19.9 Å². The van der Waals surface area contributed by atoms with Gasteiger partial charge in [0.1, 0.15) is 0 Å². The molecule has 0 amide bonds. The van der Waals surface area contributed by atoms with Crippen molar-refractivity contribution in [3.05, 3.63) is 95.6 Å². The molecule has 4 N–H and O–H groups in total. The fraction of sp³-hybridized carbons (Fsp3) is 0. The monoisotopic (exact) mass is 465 g/mol. The number of aromatic nitrogens is 4. The molecule has 0 aliphatic carbocycles. The summed E-state index contributed by atoms with van der Waals surface area (Å²) in [6.07, 6.45) is 8.09. The van der Waals surface area contributed by atoms with Gasteiger partial charge in [-0.05, 0) is 72.8 Å². The topological polar surface area (TPSA) is 83.4 Å². The Labute approximate surface area is 193 Å². The first kappa shape index (κ1) is 20.1. The number of benzene rings is 1. The zero-order chi connectivity index (χ0) is 21.9. The van der Waals surface area contributed by atoms with Gasteiger partial charge in [0.05, 0.1) is 22.8 Å². The van der Waals surface area contributed by atoms with Crippen molar-refractivity contribution in [3.8, 4) is 0 Å². The SMILES string of the molecule is C1=Cc2cc3ccc(cc4nc(cc5ccc(cc1n2)[nH]5)C=C4)[nH]3.Nc1ccc[c]([Cu])c1. The number of aromatic amines is 2. The first-order valence-corrected chi connectivity index (χ1v) is 10.6. The first-order valence-electron chi connectivity index (χ1n) is 10.1. The fourth-order valence-electron chi connectivity index (χ4n) is 3.43. The number of nitrogens with zero attached hydrogens (tertiary/aromatic N) is 2. The molecule has 1 aromatic carbocycles. The van der Waals surface area contributed by atoms with Gasteiger partial charge >= 0.3 is 56.2 Å². The molecule has 5 heterocycles.